The maximum atomic E-state index is 5.32. The van der Waals surface area contributed by atoms with Gasteiger partial charge in [0.2, 0.25) is 0 Å². The fraction of sp³-hybridized carbons (Fsp3) is 0.200. The zero-order valence-electron chi connectivity index (χ0n) is 6.75. The van der Waals surface area contributed by atoms with Crippen LogP contribution in [0.2, 0.25) is 0 Å². The molecule has 0 bridgehead atoms. The molecule has 0 radical (unpaired) electrons. The van der Waals surface area contributed by atoms with Gasteiger partial charge < -0.3 is 5.73 Å². The molecule has 1 aromatic carbocycles. The minimum absolute atomic E-state index is 0.605. The van der Waals surface area contributed by atoms with Crippen LogP contribution in [-0.4, -0.2) is 6.54 Å². The molecule has 0 saturated carbocycles. The van der Waals surface area contributed by atoms with Gasteiger partial charge in [0, 0.05) is 6.54 Å². The third-order valence-electron chi connectivity index (χ3n) is 1.52. The molecule has 11 heavy (non-hydrogen) atoms. The monoisotopic (exact) mass is 147 g/mol. The normalized spacial score (nSPS) is 10.7. The lowest BCUT2D eigenvalue weighted by atomic mass is 10.1. The van der Waals surface area contributed by atoms with E-state index in [2.05, 4.69) is 31.2 Å². The number of rotatable bonds is 2. The Bertz CT molecular complexity index is 234. The molecule has 0 aromatic heterocycles. The summed E-state index contributed by atoms with van der Waals surface area (Å²) >= 11 is 0. The van der Waals surface area contributed by atoms with Crippen molar-refractivity contribution in [3.8, 4) is 0 Å². The third kappa shape index (κ3) is 2.56. The van der Waals surface area contributed by atoms with E-state index in [1.165, 1.54) is 11.1 Å². The van der Waals surface area contributed by atoms with Gasteiger partial charge in [0.05, 0.1) is 0 Å². The lowest BCUT2D eigenvalue weighted by Gasteiger charge is -1.93. The summed E-state index contributed by atoms with van der Waals surface area (Å²) in [6.45, 7) is 2.68. The Morgan fingerprint density at radius 1 is 1.27 bits per heavy atom. The van der Waals surface area contributed by atoms with E-state index < -0.39 is 0 Å². The number of nitrogens with two attached hydrogens (primary N) is 1. The van der Waals surface area contributed by atoms with Gasteiger partial charge in [-0.2, -0.15) is 0 Å². The molecule has 0 atom stereocenters. The first-order valence-electron chi connectivity index (χ1n) is 3.76. The maximum absolute atomic E-state index is 5.32. The highest BCUT2D eigenvalue weighted by Crippen LogP contribution is 2.04. The molecule has 2 N–H and O–H groups in total. The van der Waals surface area contributed by atoms with E-state index in [9.17, 15) is 0 Å². The molecule has 0 spiro atoms. The minimum Gasteiger partial charge on any atom is -0.327 e. The van der Waals surface area contributed by atoms with Gasteiger partial charge in [-0.25, -0.2) is 0 Å². The van der Waals surface area contributed by atoms with Crippen molar-refractivity contribution in [2.45, 2.75) is 6.92 Å². The van der Waals surface area contributed by atoms with Crippen LogP contribution in [0.4, 0.5) is 0 Å². The van der Waals surface area contributed by atoms with Crippen LogP contribution in [0.3, 0.4) is 0 Å². The molecule has 0 unspecified atom stereocenters. The first-order chi connectivity index (χ1) is 5.33. The fourth-order valence-electron chi connectivity index (χ4n) is 0.882. The maximum Gasteiger partial charge on any atom is 0.0110 e. The van der Waals surface area contributed by atoms with Gasteiger partial charge in [-0.3, -0.25) is 0 Å². The van der Waals surface area contributed by atoms with Gasteiger partial charge in [0.25, 0.3) is 0 Å². The third-order valence-corrected chi connectivity index (χ3v) is 1.52. The Labute approximate surface area is 67.5 Å². The second kappa shape index (κ2) is 3.94. The van der Waals surface area contributed by atoms with Crippen molar-refractivity contribution in [3.05, 3.63) is 41.5 Å². The van der Waals surface area contributed by atoms with Gasteiger partial charge in [-0.05, 0) is 12.5 Å². The number of aryl methyl sites for hydroxylation is 1. The van der Waals surface area contributed by atoms with Gasteiger partial charge >= 0.3 is 0 Å². The van der Waals surface area contributed by atoms with E-state index in [1.54, 1.807) is 0 Å². The highest BCUT2D eigenvalue weighted by molar-refractivity contribution is 5.49. The van der Waals surface area contributed by atoms with Crippen LogP contribution in [0.1, 0.15) is 11.1 Å². The van der Waals surface area contributed by atoms with Gasteiger partial charge in [0.1, 0.15) is 0 Å². The molecule has 1 nitrogen and oxygen atoms in total. The Balaban J connectivity index is 2.73. The lowest BCUT2D eigenvalue weighted by molar-refractivity contribution is 1.26. The van der Waals surface area contributed by atoms with E-state index in [-0.39, 0.29) is 0 Å². The molecular formula is C10H13N. The zero-order valence-corrected chi connectivity index (χ0v) is 6.75. The van der Waals surface area contributed by atoms with E-state index >= 15 is 0 Å². The molecule has 58 valence electrons. The molecule has 1 aromatic rings. The van der Waals surface area contributed by atoms with Crippen LogP contribution in [0.15, 0.2) is 30.3 Å². The minimum atomic E-state index is 0.605. The molecule has 0 aliphatic rings. The van der Waals surface area contributed by atoms with Crippen LogP contribution >= 0.6 is 0 Å². The summed E-state index contributed by atoms with van der Waals surface area (Å²) < 4.78 is 0. The predicted octanol–water partition coefficient (Wildman–Crippen LogP) is 1.97. The molecule has 1 heteroatoms. The summed E-state index contributed by atoms with van der Waals surface area (Å²) in [4.78, 5) is 0. The summed E-state index contributed by atoms with van der Waals surface area (Å²) in [6.07, 6.45) is 3.98. The summed E-state index contributed by atoms with van der Waals surface area (Å²) in [7, 11) is 0. The highest BCUT2D eigenvalue weighted by atomic mass is 14.5. The van der Waals surface area contributed by atoms with Crippen LogP contribution < -0.4 is 5.73 Å². The van der Waals surface area contributed by atoms with Gasteiger partial charge in [-0.15, -0.1) is 0 Å². The molecule has 0 fully saturated rings. The quantitative estimate of drug-likeness (QED) is 0.680. The second-order valence-corrected chi connectivity index (χ2v) is 2.55. The number of hydrogen-bond donors (Lipinski definition) is 1. The van der Waals surface area contributed by atoms with Crippen molar-refractivity contribution < 1.29 is 0 Å². The van der Waals surface area contributed by atoms with Crippen molar-refractivity contribution in [2.75, 3.05) is 6.54 Å². The Morgan fingerprint density at radius 2 is 1.91 bits per heavy atom. The van der Waals surface area contributed by atoms with Crippen molar-refractivity contribution in [2.24, 2.45) is 5.73 Å². The van der Waals surface area contributed by atoms with E-state index in [1.807, 2.05) is 12.2 Å². The number of benzene rings is 1. The Kier molecular flexibility index (Phi) is 2.87. The molecule has 1 rings (SSSR count). The van der Waals surface area contributed by atoms with Crippen molar-refractivity contribution in [1.29, 1.82) is 0 Å². The molecule has 0 amide bonds. The molecule has 0 saturated heterocycles. The summed E-state index contributed by atoms with van der Waals surface area (Å²) in [5.74, 6) is 0. The molecule has 0 heterocycles. The first kappa shape index (κ1) is 8.02. The van der Waals surface area contributed by atoms with Crippen LogP contribution in [0.5, 0.6) is 0 Å². The van der Waals surface area contributed by atoms with Crippen LogP contribution in [-0.2, 0) is 0 Å². The van der Waals surface area contributed by atoms with Gasteiger partial charge in [0.15, 0.2) is 0 Å². The van der Waals surface area contributed by atoms with Crippen LogP contribution in [0, 0.1) is 6.92 Å². The average Bonchev–Trinajstić information content (AvgIpc) is 2.04. The van der Waals surface area contributed by atoms with Gasteiger partial charge in [-0.1, -0.05) is 42.0 Å². The van der Waals surface area contributed by atoms with E-state index in [0.29, 0.717) is 6.54 Å². The fourth-order valence-corrected chi connectivity index (χ4v) is 0.882. The molecule has 0 aliphatic heterocycles. The standard InChI is InChI=1S/C10H13N/c1-9-4-6-10(7-5-9)3-2-8-11/h2-7H,8,11H2,1H3/b3-2+. The first-order valence-corrected chi connectivity index (χ1v) is 3.76. The molecular weight excluding hydrogens is 134 g/mol. The smallest absolute Gasteiger partial charge is 0.0110 e. The SMILES string of the molecule is Cc1ccc(/C=C/CN)cc1. The summed E-state index contributed by atoms with van der Waals surface area (Å²) in [5.41, 5.74) is 7.82. The second-order valence-electron chi connectivity index (χ2n) is 2.55. The highest BCUT2D eigenvalue weighted by Gasteiger charge is 1.84. The topological polar surface area (TPSA) is 26.0 Å². The van der Waals surface area contributed by atoms with E-state index in [0.717, 1.165) is 0 Å². The average molecular weight is 147 g/mol. The van der Waals surface area contributed by atoms with Crippen molar-refractivity contribution in [3.63, 3.8) is 0 Å². The Hall–Kier alpha value is -1.08. The van der Waals surface area contributed by atoms with Crippen molar-refractivity contribution >= 4 is 6.08 Å². The summed E-state index contributed by atoms with van der Waals surface area (Å²) in [5, 5.41) is 0. The summed E-state index contributed by atoms with van der Waals surface area (Å²) in [6, 6.07) is 8.36. The predicted molar refractivity (Wildman–Crippen MR) is 49.3 cm³/mol. The zero-order chi connectivity index (χ0) is 8.10. The number of hydrogen-bond acceptors (Lipinski definition) is 1. The van der Waals surface area contributed by atoms with Crippen LogP contribution in [0.25, 0.3) is 6.08 Å². The van der Waals surface area contributed by atoms with Crippen molar-refractivity contribution in [1.82, 2.24) is 0 Å². The molecule has 0 aliphatic carbocycles. The Morgan fingerprint density at radius 3 is 2.45 bits per heavy atom. The largest absolute Gasteiger partial charge is 0.327 e. The van der Waals surface area contributed by atoms with E-state index in [4.69, 9.17) is 5.73 Å². The lowest BCUT2D eigenvalue weighted by Crippen LogP contribution is -1.91.